The van der Waals surface area contributed by atoms with E-state index in [4.69, 9.17) is 0 Å². The van der Waals surface area contributed by atoms with Gasteiger partial charge in [0.25, 0.3) is 0 Å². The number of likely N-dealkylation sites (N-methyl/N-ethyl adjacent to an activating group) is 1. The van der Waals surface area contributed by atoms with E-state index in [-0.39, 0.29) is 0 Å². The lowest BCUT2D eigenvalue weighted by Gasteiger charge is -2.37. The number of fused-ring (bicyclic) bond motifs is 1. The maximum absolute atomic E-state index is 11.6. The van der Waals surface area contributed by atoms with E-state index in [9.17, 15) is 8.42 Å². The number of hydrogen-bond donors (Lipinski definition) is 0. The van der Waals surface area contributed by atoms with Crippen molar-refractivity contribution >= 4 is 26.0 Å². The van der Waals surface area contributed by atoms with Gasteiger partial charge in [0.05, 0.1) is 6.26 Å². The fourth-order valence-corrected chi connectivity index (χ4v) is 5.35. The van der Waals surface area contributed by atoms with Gasteiger partial charge >= 0.3 is 0 Å². The van der Waals surface area contributed by atoms with Crippen molar-refractivity contribution in [3.05, 3.63) is 33.8 Å². The fraction of sp³-hybridized carbons (Fsp3) is 0.700. The van der Waals surface area contributed by atoms with Gasteiger partial charge in [0.15, 0.2) is 0 Å². The van der Waals surface area contributed by atoms with Crippen LogP contribution in [0.2, 0.25) is 0 Å². The molecule has 1 saturated heterocycles. The van der Waals surface area contributed by atoms with Crippen LogP contribution in [0.1, 0.15) is 44.2 Å². The van der Waals surface area contributed by atoms with E-state index >= 15 is 0 Å². The van der Waals surface area contributed by atoms with Crippen LogP contribution in [0.15, 0.2) is 22.7 Å². The molecule has 3 rings (SSSR count). The smallest absolute Gasteiger partial charge is 0.211 e. The highest BCUT2D eigenvalue weighted by Gasteiger charge is 2.28. The van der Waals surface area contributed by atoms with Crippen molar-refractivity contribution in [3.8, 4) is 0 Å². The summed E-state index contributed by atoms with van der Waals surface area (Å²) in [4.78, 5) is 2.50. The lowest BCUT2D eigenvalue weighted by molar-refractivity contribution is 0.158. The second-order valence-electron chi connectivity index (χ2n) is 7.35. The van der Waals surface area contributed by atoms with E-state index < -0.39 is 10.0 Å². The molecule has 4 nitrogen and oxygen atoms in total. The molecule has 1 heterocycles. The molecule has 0 N–H and O–H groups in total. The maximum Gasteiger partial charge on any atom is 0.211 e. The maximum atomic E-state index is 11.6. The summed E-state index contributed by atoms with van der Waals surface area (Å²) in [5, 5.41) is 0. The van der Waals surface area contributed by atoms with Crippen molar-refractivity contribution < 1.29 is 8.42 Å². The molecule has 26 heavy (non-hydrogen) atoms. The van der Waals surface area contributed by atoms with Gasteiger partial charge < -0.3 is 4.90 Å². The molecule has 1 aromatic rings. The van der Waals surface area contributed by atoms with Crippen LogP contribution in [0.4, 0.5) is 0 Å². The molecule has 1 aliphatic carbocycles. The summed E-state index contributed by atoms with van der Waals surface area (Å²) in [5.74, 6) is 0.608. The Morgan fingerprint density at radius 1 is 1.15 bits per heavy atom. The van der Waals surface area contributed by atoms with Crippen LogP contribution >= 0.6 is 15.9 Å². The van der Waals surface area contributed by atoms with Gasteiger partial charge in [-0.2, -0.15) is 0 Å². The van der Waals surface area contributed by atoms with Gasteiger partial charge in [-0.15, -0.1) is 0 Å². The number of halogens is 1. The van der Waals surface area contributed by atoms with Gasteiger partial charge in [0, 0.05) is 30.1 Å². The molecule has 0 saturated carbocycles. The number of piperidine rings is 1. The summed E-state index contributed by atoms with van der Waals surface area (Å²) < 4.78 is 26.0. The number of aryl methyl sites for hydroxylation is 1. The van der Waals surface area contributed by atoms with Crippen LogP contribution in [0, 0.1) is 5.92 Å². The molecule has 2 aliphatic rings. The summed E-state index contributed by atoms with van der Waals surface area (Å²) >= 11 is 3.58. The molecule has 0 bridgehead atoms. The van der Waals surface area contributed by atoms with E-state index in [1.54, 1.807) is 4.31 Å². The zero-order chi connectivity index (χ0) is 19.3. The van der Waals surface area contributed by atoms with Crippen LogP contribution in [0.3, 0.4) is 0 Å². The molecule has 148 valence electrons. The van der Waals surface area contributed by atoms with Crippen molar-refractivity contribution in [1.29, 1.82) is 0 Å². The predicted molar refractivity (Wildman–Crippen MR) is 113 cm³/mol. The molecule has 0 amide bonds. The quantitative estimate of drug-likeness (QED) is 0.705. The Bertz CT molecular complexity index is 685. The van der Waals surface area contributed by atoms with Crippen LogP contribution in [0.25, 0.3) is 0 Å². The molecular weight excluding hydrogens is 412 g/mol. The van der Waals surface area contributed by atoms with Crippen LogP contribution in [-0.4, -0.2) is 56.6 Å². The van der Waals surface area contributed by atoms with E-state index in [0.717, 1.165) is 36.7 Å². The molecule has 1 aromatic carbocycles. The van der Waals surface area contributed by atoms with Gasteiger partial charge in [0.1, 0.15) is 0 Å². The number of nitrogens with zero attached hydrogens (tertiary/aromatic N) is 2. The minimum atomic E-state index is -3.02. The third-order valence-corrected chi connectivity index (χ3v) is 7.38. The summed E-state index contributed by atoms with van der Waals surface area (Å²) in [6.07, 6.45) is 6.76. The largest absolute Gasteiger partial charge is 0.303 e. The number of rotatable bonds is 4. The van der Waals surface area contributed by atoms with Crippen LogP contribution < -0.4 is 0 Å². The van der Waals surface area contributed by atoms with E-state index in [2.05, 4.69) is 46.1 Å². The van der Waals surface area contributed by atoms with Crippen LogP contribution in [0.5, 0.6) is 0 Å². The molecule has 1 unspecified atom stereocenters. The standard InChI is InChI=1S/C18H27BrN2O2S.C2H6/c1-20(13-14-7-9-21(10-8-14)24(2,22)23)18-6-4-15-3-5-17(19)11-16(15)12-18;1-2/h3,5,11,14,18H,4,6-10,12-13H2,1-2H3;1-2H3. The van der Waals surface area contributed by atoms with Gasteiger partial charge in [-0.1, -0.05) is 35.8 Å². The van der Waals surface area contributed by atoms with Crippen LogP contribution in [-0.2, 0) is 22.9 Å². The minimum absolute atomic E-state index is 0.597. The molecule has 1 atom stereocenters. The van der Waals surface area contributed by atoms with Crippen molar-refractivity contribution in [2.75, 3.05) is 32.9 Å². The van der Waals surface area contributed by atoms with Crippen molar-refractivity contribution in [2.24, 2.45) is 5.92 Å². The molecule has 0 aromatic heterocycles. The Morgan fingerprint density at radius 3 is 2.42 bits per heavy atom. The monoisotopic (exact) mass is 444 g/mol. The van der Waals surface area contributed by atoms with E-state index in [1.807, 2.05) is 13.8 Å². The van der Waals surface area contributed by atoms with Crippen molar-refractivity contribution in [1.82, 2.24) is 9.21 Å². The highest BCUT2D eigenvalue weighted by atomic mass is 79.9. The fourth-order valence-electron chi connectivity index (χ4n) is 4.06. The number of benzene rings is 1. The molecule has 0 radical (unpaired) electrons. The first-order valence-electron chi connectivity index (χ1n) is 9.75. The lowest BCUT2D eigenvalue weighted by atomic mass is 9.87. The molecule has 1 aliphatic heterocycles. The van der Waals surface area contributed by atoms with E-state index in [0.29, 0.717) is 25.0 Å². The first-order valence-corrected chi connectivity index (χ1v) is 12.4. The first-order chi connectivity index (χ1) is 12.3. The van der Waals surface area contributed by atoms with Gasteiger partial charge in [-0.25, -0.2) is 12.7 Å². The molecule has 0 spiro atoms. The topological polar surface area (TPSA) is 40.6 Å². The third kappa shape index (κ3) is 5.78. The SMILES string of the molecule is CC.CN(CC1CCN(S(C)(=O)=O)CC1)C1CCc2ccc(Br)cc2C1. The Labute approximate surface area is 168 Å². The average molecular weight is 445 g/mol. The summed E-state index contributed by atoms with van der Waals surface area (Å²) in [6, 6.07) is 7.24. The molecule has 6 heteroatoms. The van der Waals surface area contributed by atoms with Crippen molar-refractivity contribution in [2.45, 2.75) is 52.0 Å². The Kier molecular flexibility index (Phi) is 8.13. The average Bonchev–Trinajstić information content (AvgIpc) is 2.62. The Morgan fingerprint density at radius 2 is 1.81 bits per heavy atom. The summed E-state index contributed by atoms with van der Waals surface area (Å²) in [5.41, 5.74) is 2.96. The molecule has 1 fully saturated rings. The number of sulfonamides is 1. The van der Waals surface area contributed by atoms with E-state index in [1.165, 1.54) is 23.8 Å². The van der Waals surface area contributed by atoms with Gasteiger partial charge in [-0.05, 0) is 68.3 Å². The normalized spacial score (nSPS) is 21.8. The summed E-state index contributed by atoms with van der Waals surface area (Å²) in [7, 11) is -0.788. The van der Waals surface area contributed by atoms with Gasteiger partial charge in [0.2, 0.25) is 10.0 Å². The highest BCUT2D eigenvalue weighted by Crippen LogP contribution is 2.28. The Balaban J connectivity index is 0.00000117. The Hall–Kier alpha value is -0.430. The zero-order valence-electron chi connectivity index (χ0n) is 16.5. The van der Waals surface area contributed by atoms with Crippen molar-refractivity contribution in [3.63, 3.8) is 0 Å². The predicted octanol–water partition coefficient (Wildman–Crippen LogP) is 3.94. The minimum Gasteiger partial charge on any atom is -0.303 e. The zero-order valence-corrected chi connectivity index (χ0v) is 18.9. The number of hydrogen-bond acceptors (Lipinski definition) is 3. The lowest BCUT2D eigenvalue weighted by Crippen LogP contribution is -2.43. The summed E-state index contributed by atoms with van der Waals surface area (Å²) in [6.45, 7) is 6.43. The third-order valence-electron chi connectivity index (χ3n) is 5.58. The highest BCUT2D eigenvalue weighted by molar-refractivity contribution is 9.10. The molecular formula is C20H33BrN2O2S. The second kappa shape index (κ2) is 9.67. The van der Waals surface area contributed by atoms with Gasteiger partial charge in [-0.3, -0.25) is 0 Å². The second-order valence-corrected chi connectivity index (χ2v) is 10.3. The first kappa shape index (κ1) is 21.9.